The molecule has 0 aliphatic heterocycles. The third-order valence-electron chi connectivity index (χ3n) is 1.98. The van der Waals surface area contributed by atoms with Crippen LogP contribution in [0.25, 0.3) is 10.6 Å². The molecule has 0 bridgehead atoms. The highest BCUT2D eigenvalue weighted by molar-refractivity contribution is 9.10. The summed E-state index contributed by atoms with van der Waals surface area (Å²) < 4.78 is 0.994. The molecule has 5 heteroatoms. The summed E-state index contributed by atoms with van der Waals surface area (Å²) in [4.78, 5) is 15.1. The molecule has 1 aromatic heterocycles. The maximum absolute atomic E-state index is 10.7. The van der Waals surface area contributed by atoms with Crippen molar-refractivity contribution in [3.05, 3.63) is 39.8 Å². The second-order valence-electron chi connectivity index (χ2n) is 3.16. The van der Waals surface area contributed by atoms with E-state index >= 15 is 0 Å². The third kappa shape index (κ3) is 2.70. The normalized spacial score (nSPS) is 10.4. The molecule has 0 amide bonds. The first-order valence-electron chi connectivity index (χ1n) is 4.54. The van der Waals surface area contributed by atoms with Gasteiger partial charge in [-0.3, -0.25) is 4.79 Å². The zero-order valence-electron chi connectivity index (χ0n) is 8.11. The smallest absolute Gasteiger partial charge is 0.227 e. The van der Waals surface area contributed by atoms with Gasteiger partial charge in [-0.2, -0.15) is 0 Å². The highest BCUT2D eigenvalue weighted by atomic mass is 79.9. The summed E-state index contributed by atoms with van der Waals surface area (Å²) in [5.74, 6) is 0. The number of rotatable bonds is 3. The largest absolute Gasteiger partial charge is 0.281 e. The van der Waals surface area contributed by atoms with Crippen LogP contribution in [0, 0.1) is 0 Å². The highest BCUT2D eigenvalue weighted by Gasteiger charge is 2.09. The molecular weight excluding hydrogens is 310 g/mol. The van der Waals surface area contributed by atoms with Crippen molar-refractivity contribution in [2.24, 2.45) is 0 Å². The Hall–Kier alpha value is -0.710. The average molecular weight is 317 g/mol. The number of halogens is 2. The molecule has 2 nitrogen and oxygen atoms in total. The van der Waals surface area contributed by atoms with E-state index in [4.69, 9.17) is 11.6 Å². The van der Waals surface area contributed by atoms with Crippen LogP contribution in [0.5, 0.6) is 0 Å². The van der Waals surface area contributed by atoms with Crippen molar-refractivity contribution in [1.82, 2.24) is 4.98 Å². The van der Waals surface area contributed by atoms with E-state index in [1.54, 1.807) is 0 Å². The second-order valence-corrected chi connectivity index (χ2v) is 5.29. The maximum Gasteiger partial charge on any atom is 0.227 e. The Morgan fingerprint density at radius 3 is 2.88 bits per heavy atom. The molecule has 0 aliphatic carbocycles. The Labute approximate surface area is 110 Å². The summed E-state index contributed by atoms with van der Waals surface area (Å²) in [5.41, 5.74) is 1.75. The zero-order valence-corrected chi connectivity index (χ0v) is 11.3. The van der Waals surface area contributed by atoms with E-state index in [2.05, 4.69) is 20.9 Å². The van der Waals surface area contributed by atoms with Gasteiger partial charge >= 0.3 is 0 Å². The van der Waals surface area contributed by atoms with E-state index in [1.165, 1.54) is 11.3 Å². The minimum Gasteiger partial charge on any atom is -0.281 e. The van der Waals surface area contributed by atoms with Gasteiger partial charge in [0.2, 0.25) is 5.24 Å². The van der Waals surface area contributed by atoms with Crippen LogP contribution < -0.4 is 0 Å². The third-order valence-corrected chi connectivity index (χ3v) is 3.73. The predicted molar refractivity (Wildman–Crippen MR) is 69.8 cm³/mol. The molecular formula is C11H7BrClNOS. The molecule has 2 rings (SSSR count). The van der Waals surface area contributed by atoms with Crippen molar-refractivity contribution in [2.75, 3.05) is 0 Å². The van der Waals surface area contributed by atoms with Crippen LogP contribution in [0.3, 0.4) is 0 Å². The van der Waals surface area contributed by atoms with Gasteiger partial charge in [0.25, 0.3) is 0 Å². The van der Waals surface area contributed by atoms with Gasteiger partial charge in [-0.05, 0) is 17.7 Å². The van der Waals surface area contributed by atoms with Gasteiger partial charge in [-0.15, -0.1) is 11.3 Å². The van der Waals surface area contributed by atoms with Crippen LogP contribution in [0.2, 0.25) is 0 Å². The standard InChI is InChI=1S/C11H7BrClNOS/c12-9-4-2-1-3-8(9)11-14-7(6-16-11)5-10(13)15/h1-4,6H,5H2. The zero-order chi connectivity index (χ0) is 11.5. The molecule has 0 fully saturated rings. The summed E-state index contributed by atoms with van der Waals surface area (Å²) >= 11 is 10.3. The Bertz CT molecular complexity index is 526. The Balaban J connectivity index is 2.32. The molecule has 0 N–H and O–H groups in total. The number of hydrogen-bond acceptors (Lipinski definition) is 3. The number of nitrogens with zero attached hydrogens (tertiary/aromatic N) is 1. The first-order valence-corrected chi connectivity index (χ1v) is 6.59. The van der Waals surface area contributed by atoms with Crippen molar-refractivity contribution in [3.63, 3.8) is 0 Å². The van der Waals surface area contributed by atoms with Crippen LogP contribution in [0.1, 0.15) is 5.69 Å². The molecule has 16 heavy (non-hydrogen) atoms. The molecule has 0 unspecified atom stereocenters. The SMILES string of the molecule is O=C(Cl)Cc1csc(-c2ccccc2Br)n1. The molecule has 0 saturated heterocycles. The van der Waals surface area contributed by atoms with Gasteiger partial charge in [0, 0.05) is 15.4 Å². The number of carbonyl (C=O) groups excluding carboxylic acids is 1. The van der Waals surface area contributed by atoms with Gasteiger partial charge < -0.3 is 0 Å². The number of carbonyl (C=O) groups is 1. The van der Waals surface area contributed by atoms with Crippen LogP contribution in [-0.4, -0.2) is 10.2 Å². The van der Waals surface area contributed by atoms with E-state index in [0.717, 1.165) is 20.7 Å². The lowest BCUT2D eigenvalue weighted by molar-refractivity contribution is -0.111. The van der Waals surface area contributed by atoms with Crippen LogP contribution in [-0.2, 0) is 11.2 Å². The van der Waals surface area contributed by atoms with Crippen LogP contribution in [0.4, 0.5) is 0 Å². The predicted octanol–water partition coefficient (Wildman–Crippen LogP) is 3.88. The molecule has 82 valence electrons. The Morgan fingerprint density at radius 2 is 2.19 bits per heavy atom. The Morgan fingerprint density at radius 1 is 1.44 bits per heavy atom. The highest BCUT2D eigenvalue weighted by Crippen LogP contribution is 2.30. The van der Waals surface area contributed by atoms with Gasteiger partial charge in [0.05, 0.1) is 12.1 Å². The van der Waals surface area contributed by atoms with Gasteiger partial charge in [0.1, 0.15) is 5.01 Å². The van der Waals surface area contributed by atoms with Crippen molar-refractivity contribution < 1.29 is 4.79 Å². The quantitative estimate of drug-likeness (QED) is 0.804. The summed E-state index contributed by atoms with van der Waals surface area (Å²) in [7, 11) is 0. The lowest BCUT2D eigenvalue weighted by Crippen LogP contribution is -1.93. The van der Waals surface area contributed by atoms with Gasteiger partial charge in [-0.1, -0.05) is 34.1 Å². The number of benzene rings is 1. The molecule has 2 aromatic rings. The van der Waals surface area contributed by atoms with Crippen molar-refractivity contribution in [3.8, 4) is 10.6 Å². The molecule has 0 atom stereocenters. The Kier molecular flexibility index (Phi) is 3.74. The summed E-state index contributed by atoms with van der Waals surface area (Å²) in [6.07, 6.45) is 0.183. The van der Waals surface area contributed by atoms with E-state index in [9.17, 15) is 4.79 Å². The van der Waals surface area contributed by atoms with E-state index in [-0.39, 0.29) is 11.7 Å². The molecule has 0 saturated carbocycles. The maximum atomic E-state index is 10.7. The fourth-order valence-corrected chi connectivity index (χ4v) is 2.89. The number of aromatic nitrogens is 1. The second kappa shape index (κ2) is 5.08. The molecule has 1 aromatic carbocycles. The topological polar surface area (TPSA) is 30.0 Å². The first-order chi connectivity index (χ1) is 7.66. The molecule has 0 spiro atoms. The summed E-state index contributed by atoms with van der Waals surface area (Å²) in [6, 6.07) is 7.84. The number of thiazole rings is 1. The minimum absolute atomic E-state index is 0.183. The van der Waals surface area contributed by atoms with Gasteiger partial charge in [-0.25, -0.2) is 4.98 Å². The minimum atomic E-state index is -0.385. The summed E-state index contributed by atoms with van der Waals surface area (Å²) in [5, 5.41) is 2.36. The fourth-order valence-electron chi connectivity index (χ4n) is 1.29. The first kappa shape index (κ1) is 11.8. The van der Waals surface area contributed by atoms with Crippen LogP contribution >= 0.6 is 38.9 Å². The van der Waals surface area contributed by atoms with Crippen molar-refractivity contribution in [1.29, 1.82) is 0 Å². The van der Waals surface area contributed by atoms with Crippen LogP contribution in [0.15, 0.2) is 34.1 Å². The molecule has 0 radical (unpaired) electrons. The average Bonchev–Trinajstić information content (AvgIpc) is 2.66. The lowest BCUT2D eigenvalue weighted by atomic mass is 10.2. The molecule has 0 aliphatic rings. The van der Waals surface area contributed by atoms with Gasteiger partial charge in [0.15, 0.2) is 0 Å². The van der Waals surface area contributed by atoms with E-state index in [0.29, 0.717) is 0 Å². The monoisotopic (exact) mass is 315 g/mol. The fraction of sp³-hybridized carbons (Fsp3) is 0.0909. The van der Waals surface area contributed by atoms with E-state index < -0.39 is 0 Å². The lowest BCUT2D eigenvalue weighted by Gasteiger charge is -1.98. The molecule has 1 heterocycles. The van der Waals surface area contributed by atoms with Crippen molar-refractivity contribution in [2.45, 2.75) is 6.42 Å². The number of hydrogen-bond donors (Lipinski definition) is 0. The van der Waals surface area contributed by atoms with Crippen molar-refractivity contribution >= 4 is 44.1 Å². The summed E-state index contributed by atoms with van der Waals surface area (Å²) in [6.45, 7) is 0. The van der Waals surface area contributed by atoms with E-state index in [1.807, 2.05) is 29.6 Å².